The molecule has 3 nitrogen and oxygen atoms in total. The molecule has 1 fully saturated rings. The Balaban J connectivity index is 1.66. The van der Waals surface area contributed by atoms with E-state index in [0.717, 1.165) is 36.9 Å². The Kier molecular flexibility index (Phi) is 6.01. The topological polar surface area (TPSA) is 46.3 Å². The molecular formula is C27H30N2O. The van der Waals surface area contributed by atoms with E-state index in [9.17, 15) is 4.79 Å². The highest BCUT2D eigenvalue weighted by atomic mass is 16.1. The maximum Gasteiger partial charge on any atom is 0.232 e. The number of primary amides is 1. The standard InChI is InChI=1S/C27H30N2O/c1-29(20-21-11-5-2-6-12-21)25-18-17-24(19-25)27(26(28)30,22-13-7-3-8-14-22)23-15-9-4-10-16-23/h2-16,24-25H,17-20H2,1H3,(H2,28,30). The van der Waals surface area contributed by atoms with Crippen molar-refractivity contribution in [2.75, 3.05) is 7.05 Å². The predicted molar refractivity (Wildman–Crippen MR) is 122 cm³/mol. The van der Waals surface area contributed by atoms with Crippen molar-refractivity contribution in [3.8, 4) is 0 Å². The van der Waals surface area contributed by atoms with E-state index >= 15 is 0 Å². The number of hydrogen-bond donors (Lipinski definition) is 1. The van der Waals surface area contributed by atoms with Gasteiger partial charge in [0, 0.05) is 12.6 Å². The van der Waals surface area contributed by atoms with Crippen LogP contribution in [0.25, 0.3) is 0 Å². The summed E-state index contributed by atoms with van der Waals surface area (Å²) >= 11 is 0. The fourth-order valence-corrected chi connectivity index (χ4v) is 5.28. The summed E-state index contributed by atoms with van der Waals surface area (Å²) in [4.78, 5) is 15.6. The van der Waals surface area contributed by atoms with E-state index in [1.54, 1.807) is 0 Å². The van der Waals surface area contributed by atoms with Gasteiger partial charge in [0.1, 0.15) is 5.41 Å². The smallest absolute Gasteiger partial charge is 0.232 e. The third kappa shape index (κ3) is 3.78. The Bertz CT molecular complexity index is 916. The van der Waals surface area contributed by atoms with Crippen LogP contribution in [0.4, 0.5) is 0 Å². The Morgan fingerprint density at radius 2 is 1.37 bits per heavy atom. The quantitative estimate of drug-likeness (QED) is 0.624. The molecule has 2 atom stereocenters. The normalized spacial score (nSPS) is 19.1. The average Bonchev–Trinajstić information content (AvgIpc) is 3.27. The van der Waals surface area contributed by atoms with Crippen LogP contribution in [0.5, 0.6) is 0 Å². The van der Waals surface area contributed by atoms with Crippen molar-refractivity contribution in [1.29, 1.82) is 0 Å². The highest BCUT2D eigenvalue weighted by molar-refractivity contribution is 5.91. The zero-order valence-corrected chi connectivity index (χ0v) is 17.6. The summed E-state index contributed by atoms with van der Waals surface area (Å²) in [5, 5.41) is 0. The van der Waals surface area contributed by atoms with Gasteiger partial charge in [-0.2, -0.15) is 0 Å². The second-order valence-electron chi connectivity index (χ2n) is 8.47. The van der Waals surface area contributed by atoms with Gasteiger partial charge in [0.15, 0.2) is 0 Å². The number of hydrogen-bond acceptors (Lipinski definition) is 2. The molecular weight excluding hydrogens is 368 g/mol. The fraction of sp³-hybridized carbons (Fsp3) is 0.296. The van der Waals surface area contributed by atoms with Crippen molar-refractivity contribution in [2.45, 2.75) is 37.3 Å². The predicted octanol–water partition coefficient (Wildman–Crippen LogP) is 4.76. The third-order valence-electron chi connectivity index (χ3n) is 6.76. The zero-order valence-electron chi connectivity index (χ0n) is 17.6. The Morgan fingerprint density at radius 1 is 0.867 bits per heavy atom. The van der Waals surface area contributed by atoms with Gasteiger partial charge in [-0.15, -0.1) is 0 Å². The van der Waals surface area contributed by atoms with Crippen molar-refractivity contribution >= 4 is 5.91 Å². The van der Waals surface area contributed by atoms with Gasteiger partial charge in [-0.3, -0.25) is 9.69 Å². The van der Waals surface area contributed by atoms with Gasteiger partial charge in [-0.05, 0) is 48.9 Å². The molecule has 3 heteroatoms. The molecule has 0 saturated heterocycles. The van der Waals surface area contributed by atoms with E-state index in [-0.39, 0.29) is 11.8 Å². The Hall–Kier alpha value is -2.91. The lowest BCUT2D eigenvalue weighted by molar-refractivity contribution is -0.123. The Labute approximate surface area is 179 Å². The molecule has 1 amide bonds. The van der Waals surface area contributed by atoms with Crippen molar-refractivity contribution in [3.63, 3.8) is 0 Å². The molecule has 1 aliphatic rings. The first-order valence-electron chi connectivity index (χ1n) is 10.8. The molecule has 3 aromatic rings. The molecule has 3 aromatic carbocycles. The van der Waals surface area contributed by atoms with Crippen LogP contribution < -0.4 is 5.73 Å². The first kappa shape index (κ1) is 20.4. The summed E-state index contributed by atoms with van der Waals surface area (Å²) in [5.41, 5.74) is 8.72. The van der Waals surface area contributed by atoms with Gasteiger partial charge < -0.3 is 5.73 Å². The lowest BCUT2D eigenvalue weighted by Crippen LogP contribution is -2.48. The van der Waals surface area contributed by atoms with Crippen LogP contribution >= 0.6 is 0 Å². The highest BCUT2D eigenvalue weighted by Gasteiger charge is 2.50. The van der Waals surface area contributed by atoms with Crippen molar-refractivity contribution in [1.82, 2.24) is 4.90 Å². The van der Waals surface area contributed by atoms with Crippen molar-refractivity contribution in [2.24, 2.45) is 11.7 Å². The van der Waals surface area contributed by atoms with E-state index in [4.69, 9.17) is 5.73 Å². The molecule has 2 unspecified atom stereocenters. The highest BCUT2D eigenvalue weighted by Crippen LogP contribution is 2.47. The molecule has 0 heterocycles. The van der Waals surface area contributed by atoms with Gasteiger partial charge >= 0.3 is 0 Å². The second-order valence-corrected chi connectivity index (χ2v) is 8.47. The number of carbonyl (C=O) groups excluding carboxylic acids is 1. The van der Waals surface area contributed by atoms with E-state index in [2.05, 4.69) is 66.5 Å². The Morgan fingerprint density at radius 3 is 1.87 bits per heavy atom. The fourth-order valence-electron chi connectivity index (χ4n) is 5.28. The van der Waals surface area contributed by atoms with Gasteiger partial charge in [0.05, 0.1) is 0 Å². The van der Waals surface area contributed by atoms with Crippen LogP contribution in [-0.2, 0) is 16.8 Å². The van der Waals surface area contributed by atoms with Crippen LogP contribution in [-0.4, -0.2) is 23.9 Å². The van der Waals surface area contributed by atoms with Crippen LogP contribution in [0.15, 0.2) is 91.0 Å². The van der Waals surface area contributed by atoms with Gasteiger partial charge in [-0.1, -0.05) is 91.0 Å². The summed E-state index contributed by atoms with van der Waals surface area (Å²) in [5.74, 6) is -0.0840. The number of benzene rings is 3. The number of nitrogens with zero attached hydrogens (tertiary/aromatic N) is 1. The summed E-state index contributed by atoms with van der Waals surface area (Å²) in [6.45, 7) is 0.915. The minimum Gasteiger partial charge on any atom is -0.369 e. The van der Waals surface area contributed by atoms with E-state index in [1.807, 2.05) is 36.4 Å². The lowest BCUT2D eigenvalue weighted by Gasteiger charge is -2.38. The van der Waals surface area contributed by atoms with Gasteiger partial charge in [0.25, 0.3) is 0 Å². The third-order valence-corrected chi connectivity index (χ3v) is 6.76. The maximum absolute atomic E-state index is 13.2. The summed E-state index contributed by atoms with van der Waals surface area (Å²) in [7, 11) is 2.19. The van der Waals surface area contributed by atoms with Gasteiger partial charge in [-0.25, -0.2) is 0 Å². The van der Waals surface area contributed by atoms with Crippen LogP contribution in [0.1, 0.15) is 36.0 Å². The van der Waals surface area contributed by atoms with Crippen molar-refractivity contribution < 1.29 is 4.79 Å². The summed E-state index contributed by atoms with van der Waals surface area (Å²) < 4.78 is 0. The molecule has 1 aliphatic carbocycles. The molecule has 4 rings (SSSR count). The van der Waals surface area contributed by atoms with E-state index < -0.39 is 5.41 Å². The molecule has 0 aromatic heterocycles. The zero-order chi connectivity index (χ0) is 21.0. The molecule has 0 aliphatic heterocycles. The largest absolute Gasteiger partial charge is 0.369 e. The summed E-state index contributed by atoms with van der Waals surface area (Å²) in [6.07, 6.45) is 3.01. The molecule has 0 spiro atoms. The van der Waals surface area contributed by atoms with Crippen LogP contribution in [0, 0.1) is 5.92 Å². The monoisotopic (exact) mass is 398 g/mol. The lowest BCUT2D eigenvalue weighted by atomic mass is 9.64. The first-order chi connectivity index (χ1) is 14.6. The van der Waals surface area contributed by atoms with E-state index in [1.165, 1.54) is 5.56 Å². The second kappa shape index (κ2) is 8.85. The minimum absolute atomic E-state index is 0.169. The molecule has 2 N–H and O–H groups in total. The molecule has 1 saturated carbocycles. The minimum atomic E-state index is -0.801. The number of amides is 1. The summed E-state index contributed by atoms with van der Waals surface area (Å²) in [6, 6.07) is 31.2. The molecule has 30 heavy (non-hydrogen) atoms. The number of nitrogens with two attached hydrogens (primary N) is 1. The van der Waals surface area contributed by atoms with Crippen LogP contribution in [0.3, 0.4) is 0 Å². The number of carbonyl (C=O) groups is 1. The molecule has 154 valence electrons. The molecule has 0 radical (unpaired) electrons. The maximum atomic E-state index is 13.2. The van der Waals surface area contributed by atoms with Crippen LogP contribution in [0.2, 0.25) is 0 Å². The first-order valence-corrected chi connectivity index (χ1v) is 10.8. The average molecular weight is 399 g/mol. The van der Waals surface area contributed by atoms with Crippen molar-refractivity contribution in [3.05, 3.63) is 108 Å². The number of rotatable bonds is 7. The SMILES string of the molecule is CN(Cc1ccccc1)C1CCC(C(C(N)=O)(c2ccccc2)c2ccccc2)C1. The van der Waals surface area contributed by atoms with Gasteiger partial charge in [0.2, 0.25) is 5.91 Å². The van der Waals surface area contributed by atoms with E-state index in [0.29, 0.717) is 6.04 Å². The molecule has 0 bridgehead atoms.